The lowest BCUT2D eigenvalue weighted by Gasteiger charge is -2.25. The Bertz CT molecular complexity index is 531. The number of nitrogens with one attached hydrogen (secondary N) is 1. The molecule has 0 aliphatic rings. The first-order valence-corrected chi connectivity index (χ1v) is 7.14. The Morgan fingerprint density at radius 2 is 2.06 bits per heavy atom. The third kappa shape index (κ3) is 3.91. The van der Waals surface area contributed by atoms with E-state index in [4.69, 9.17) is 16.7 Å². The number of rotatable bonds is 5. The van der Waals surface area contributed by atoms with Crippen molar-refractivity contribution in [3.8, 4) is 0 Å². The molecule has 0 fully saturated rings. The molecule has 1 aromatic rings. The summed E-state index contributed by atoms with van der Waals surface area (Å²) in [6.07, 6.45) is 0.224. The fourth-order valence-corrected chi connectivity index (χ4v) is 3.10. The summed E-state index contributed by atoms with van der Waals surface area (Å²) >= 11 is 5.56. The fourth-order valence-electron chi connectivity index (χ4n) is 1.44. The molecule has 0 atom stereocenters. The standard InChI is InChI=1S/C11H15ClFNO3S/c1-11(2,5-6-15)14-18(16,17)10-4-3-8(12)7-9(10)13/h3-4,7,14-15H,5-6H2,1-2H3. The lowest BCUT2D eigenvalue weighted by atomic mass is 10.0. The van der Waals surface area contributed by atoms with Gasteiger partial charge in [-0.25, -0.2) is 17.5 Å². The Kier molecular flexibility index (Phi) is 4.72. The predicted molar refractivity (Wildman–Crippen MR) is 67.5 cm³/mol. The minimum absolute atomic E-state index is 0.126. The van der Waals surface area contributed by atoms with E-state index in [9.17, 15) is 12.8 Å². The van der Waals surface area contributed by atoms with E-state index in [0.717, 1.165) is 12.1 Å². The van der Waals surface area contributed by atoms with Crippen LogP contribution in [0.1, 0.15) is 20.3 Å². The van der Waals surface area contributed by atoms with Crippen LogP contribution in [0.5, 0.6) is 0 Å². The van der Waals surface area contributed by atoms with Crippen LogP contribution in [-0.4, -0.2) is 25.7 Å². The van der Waals surface area contributed by atoms with Crippen LogP contribution >= 0.6 is 11.6 Å². The minimum Gasteiger partial charge on any atom is -0.396 e. The average Bonchev–Trinajstić information content (AvgIpc) is 2.14. The Labute approximate surface area is 111 Å². The summed E-state index contributed by atoms with van der Waals surface area (Å²) in [7, 11) is -3.98. The van der Waals surface area contributed by atoms with Gasteiger partial charge >= 0.3 is 0 Å². The van der Waals surface area contributed by atoms with Gasteiger partial charge in [0.05, 0.1) is 0 Å². The van der Waals surface area contributed by atoms with Crippen LogP contribution in [0.2, 0.25) is 5.02 Å². The van der Waals surface area contributed by atoms with E-state index < -0.39 is 26.3 Å². The molecular weight excluding hydrogens is 281 g/mol. The van der Waals surface area contributed by atoms with Crippen LogP contribution in [0.15, 0.2) is 23.1 Å². The zero-order chi connectivity index (χ0) is 14.0. The summed E-state index contributed by atoms with van der Waals surface area (Å²) in [4.78, 5) is -0.460. The Morgan fingerprint density at radius 1 is 1.44 bits per heavy atom. The molecular formula is C11H15ClFNO3S. The number of halogens is 2. The van der Waals surface area contributed by atoms with Gasteiger partial charge in [0, 0.05) is 17.2 Å². The van der Waals surface area contributed by atoms with E-state index in [1.807, 2.05) is 0 Å². The molecule has 102 valence electrons. The molecule has 1 aromatic carbocycles. The Hall–Kier alpha value is -0.690. The van der Waals surface area contributed by atoms with Gasteiger partial charge in [-0.15, -0.1) is 0 Å². The molecule has 0 radical (unpaired) electrons. The zero-order valence-electron chi connectivity index (χ0n) is 10.1. The van der Waals surface area contributed by atoms with E-state index in [0.29, 0.717) is 0 Å². The van der Waals surface area contributed by atoms with Crippen molar-refractivity contribution >= 4 is 21.6 Å². The molecule has 2 N–H and O–H groups in total. The summed E-state index contributed by atoms with van der Waals surface area (Å²) in [5.74, 6) is -0.908. The molecule has 0 unspecified atom stereocenters. The summed E-state index contributed by atoms with van der Waals surface area (Å²) in [6, 6.07) is 3.35. The topological polar surface area (TPSA) is 66.4 Å². The van der Waals surface area contributed by atoms with Gasteiger partial charge in [-0.2, -0.15) is 0 Å². The molecule has 1 rings (SSSR count). The number of sulfonamides is 1. The van der Waals surface area contributed by atoms with E-state index in [2.05, 4.69) is 4.72 Å². The van der Waals surface area contributed by atoms with Crippen LogP contribution in [0.25, 0.3) is 0 Å². The van der Waals surface area contributed by atoms with Crippen molar-refractivity contribution in [3.05, 3.63) is 29.0 Å². The summed E-state index contributed by atoms with van der Waals surface area (Å²) < 4.78 is 39.9. The Balaban J connectivity index is 3.07. The first-order valence-electron chi connectivity index (χ1n) is 5.28. The molecule has 0 heterocycles. The van der Waals surface area contributed by atoms with Crippen LogP contribution in [-0.2, 0) is 10.0 Å². The average molecular weight is 296 g/mol. The number of benzene rings is 1. The van der Waals surface area contributed by atoms with Crippen molar-refractivity contribution in [1.29, 1.82) is 0 Å². The van der Waals surface area contributed by atoms with E-state index in [-0.39, 0.29) is 18.1 Å². The highest BCUT2D eigenvalue weighted by Crippen LogP contribution is 2.21. The van der Waals surface area contributed by atoms with Crippen molar-refractivity contribution in [2.45, 2.75) is 30.7 Å². The molecule has 0 aromatic heterocycles. The second kappa shape index (κ2) is 5.52. The maximum atomic E-state index is 13.6. The largest absolute Gasteiger partial charge is 0.396 e. The van der Waals surface area contributed by atoms with E-state index in [1.54, 1.807) is 13.8 Å². The number of hydrogen-bond acceptors (Lipinski definition) is 3. The SMILES string of the molecule is CC(C)(CCO)NS(=O)(=O)c1ccc(Cl)cc1F. The number of aliphatic hydroxyl groups is 1. The quantitative estimate of drug-likeness (QED) is 0.872. The van der Waals surface area contributed by atoms with Gasteiger partial charge in [0.2, 0.25) is 10.0 Å². The summed E-state index contributed by atoms with van der Waals surface area (Å²) in [5, 5.41) is 8.96. The second-order valence-electron chi connectivity index (χ2n) is 4.54. The molecule has 0 aliphatic carbocycles. The van der Waals surface area contributed by atoms with Gasteiger partial charge in [-0.3, -0.25) is 0 Å². The van der Waals surface area contributed by atoms with Gasteiger partial charge < -0.3 is 5.11 Å². The van der Waals surface area contributed by atoms with Crippen LogP contribution in [0.4, 0.5) is 4.39 Å². The molecule has 4 nitrogen and oxygen atoms in total. The molecule has 7 heteroatoms. The minimum atomic E-state index is -3.98. The highest BCUT2D eigenvalue weighted by Gasteiger charge is 2.27. The highest BCUT2D eigenvalue weighted by atomic mass is 35.5. The third-order valence-corrected chi connectivity index (χ3v) is 4.30. The van der Waals surface area contributed by atoms with Gasteiger partial charge in [0.15, 0.2) is 0 Å². The van der Waals surface area contributed by atoms with Crippen molar-refractivity contribution in [3.63, 3.8) is 0 Å². The van der Waals surface area contributed by atoms with Gasteiger partial charge in [0.25, 0.3) is 0 Å². The van der Waals surface area contributed by atoms with Crippen LogP contribution in [0.3, 0.4) is 0 Å². The van der Waals surface area contributed by atoms with Crippen molar-refractivity contribution in [1.82, 2.24) is 4.72 Å². The summed E-state index contributed by atoms with van der Waals surface area (Å²) in [6.45, 7) is 3.04. The molecule has 0 amide bonds. The number of aliphatic hydroxyl groups excluding tert-OH is 1. The predicted octanol–water partition coefficient (Wildman–Crippen LogP) is 1.92. The third-order valence-electron chi connectivity index (χ3n) is 2.33. The maximum absolute atomic E-state index is 13.6. The number of hydrogen-bond donors (Lipinski definition) is 2. The van der Waals surface area contributed by atoms with Gasteiger partial charge in [0.1, 0.15) is 10.7 Å². The van der Waals surface area contributed by atoms with Crippen molar-refractivity contribution in [2.75, 3.05) is 6.61 Å². The molecule has 0 saturated heterocycles. The fraction of sp³-hybridized carbons (Fsp3) is 0.455. The normalized spacial score (nSPS) is 12.7. The maximum Gasteiger partial charge on any atom is 0.243 e. The zero-order valence-corrected chi connectivity index (χ0v) is 11.6. The van der Waals surface area contributed by atoms with Crippen molar-refractivity contribution in [2.24, 2.45) is 0 Å². The molecule has 18 heavy (non-hydrogen) atoms. The van der Waals surface area contributed by atoms with E-state index in [1.165, 1.54) is 6.07 Å². The van der Waals surface area contributed by atoms with Gasteiger partial charge in [-0.1, -0.05) is 11.6 Å². The molecule has 0 bridgehead atoms. The first-order chi connectivity index (χ1) is 8.18. The highest BCUT2D eigenvalue weighted by molar-refractivity contribution is 7.89. The molecule has 0 saturated carbocycles. The van der Waals surface area contributed by atoms with Crippen molar-refractivity contribution < 1.29 is 17.9 Å². The summed E-state index contributed by atoms with van der Waals surface area (Å²) in [5.41, 5.74) is -0.861. The monoisotopic (exact) mass is 295 g/mol. The van der Waals surface area contributed by atoms with Gasteiger partial charge in [-0.05, 0) is 38.5 Å². The van der Waals surface area contributed by atoms with Crippen LogP contribution in [0, 0.1) is 5.82 Å². The Morgan fingerprint density at radius 3 is 2.56 bits per heavy atom. The molecule has 0 spiro atoms. The van der Waals surface area contributed by atoms with Crippen LogP contribution < -0.4 is 4.72 Å². The molecule has 0 aliphatic heterocycles. The lowest BCUT2D eigenvalue weighted by Crippen LogP contribution is -2.44. The van der Waals surface area contributed by atoms with E-state index >= 15 is 0 Å². The lowest BCUT2D eigenvalue weighted by molar-refractivity contribution is 0.245. The smallest absolute Gasteiger partial charge is 0.243 e. The first kappa shape index (κ1) is 15.4. The second-order valence-corrected chi connectivity index (χ2v) is 6.62.